The number of pyridine rings is 1. The summed E-state index contributed by atoms with van der Waals surface area (Å²) in [6.45, 7) is 4.88. The Balaban J connectivity index is 1.59. The summed E-state index contributed by atoms with van der Waals surface area (Å²) in [6, 6.07) is 8.01. The monoisotopic (exact) mass is 327 g/mol. The van der Waals surface area contributed by atoms with Gasteiger partial charge in [0.25, 0.3) is 0 Å². The fraction of sp³-hybridized carbons (Fsp3) is 0.500. The van der Waals surface area contributed by atoms with Gasteiger partial charge < -0.3 is 9.47 Å². The number of aryl methyl sites for hydroxylation is 1. The molecule has 3 rings (SSSR count). The van der Waals surface area contributed by atoms with Crippen LogP contribution < -0.4 is 10.5 Å². The third-order valence-electron chi connectivity index (χ3n) is 4.93. The van der Waals surface area contributed by atoms with Crippen LogP contribution in [0.1, 0.15) is 24.2 Å². The van der Waals surface area contributed by atoms with Gasteiger partial charge in [0.05, 0.1) is 0 Å². The maximum absolute atomic E-state index is 11.7. The molecule has 0 saturated carbocycles. The van der Waals surface area contributed by atoms with Crippen molar-refractivity contribution < 1.29 is 0 Å². The van der Waals surface area contributed by atoms with Crippen molar-refractivity contribution >= 4 is 5.82 Å². The Kier molecular flexibility index (Phi) is 4.94. The average molecular weight is 327 g/mol. The van der Waals surface area contributed by atoms with E-state index in [1.54, 1.807) is 17.0 Å². The first kappa shape index (κ1) is 16.6. The molecule has 2 aromatic rings. The summed E-state index contributed by atoms with van der Waals surface area (Å²) >= 11 is 0. The molecule has 0 atom stereocenters. The Hall–Kier alpha value is -2.21. The maximum atomic E-state index is 11.7. The van der Waals surface area contributed by atoms with E-state index in [1.807, 2.05) is 32.2 Å². The van der Waals surface area contributed by atoms with Crippen LogP contribution in [0.15, 0.2) is 35.4 Å². The van der Waals surface area contributed by atoms with Gasteiger partial charge in [-0.25, -0.2) is 9.97 Å². The van der Waals surface area contributed by atoms with Crippen molar-refractivity contribution in [2.45, 2.75) is 32.4 Å². The number of nitrogens with zero attached hydrogens (tertiary/aromatic N) is 5. The summed E-state index contributed by atoms with van der Waals surface area (Å²) in [5.41, 5.74) is 2.12. The van der Waals surface area contributed by atoms with Gasteiger partial charge in [-0.05, 0) is 25.8 Å². The van der Waals surface area contributed by atoms with Crippen LogP contribution in [0.25, 0.3) is 0 Å². The molecule has 0 N–H and O–H groups in total. The molecule has 24 heavy (non-hydrogen) atoms. The molecule has 6 nitrogen and oxygen atoms in total. The second-order valence-electron chi connectivity index (χ2n) is 6.55. The van der Waals surface area contributed by atoms with Crippen molar-refractivity contribution in [3.05, 3.63) is 52.3 Å². The summed E-state index contributed by atoms with van der Waals surface area (Å²) in [4.78, 5) is 25.0. The van der Waals surface area contributed by atoms with E-state index in [9.17, 15) is 4.79 Å². The number of hydrogen-bond donors (Lipinski definition) is 0. The first-order chi connectivity index (χ1) is 11.5. The molecule has 6 heteroatoms. The van der Waals surface area contributed by atoms with Gasteiger partial charge in [-0.2, -0.15) is 0 Å². The van der Waals surface area contributed by atoms with Gasteiger partial charge in [-0.3, -0.25) is 9.69 Å². The normalized spacial score (nSPS) is 16.3. The first-order valence-corrected chi connectivity index (χ1v) is 8.43. The summed E-state index contributed by atoms with van der Waals surface area (Å²) in [5, 5.41) is 0. The predicted octanol–water partition coefficient (Wildman–Crippen LogP) is 1.58. The zero-order valence-electron chi connectivity index (χ0n) is 14.6. The third kappa shape index (κ3) is 3.64. The topological polar surface area (TPSA) is 54.3 Å². The molecule has 1 saturated heterocycles. The zero-order chi connectivity index (χ0) is 17.1. The second-order valence-corrected chi connectivity index (χ2v) is 6.55. The highest BCUT2D eigenvalue weighted by Gasteiger charge is 2.23. The van der Waals surface area contributed by atoms with Crippen molar-refractivity contribution in [1.29, 1.82) is 0 Å². The van der Waals surface area contributed by atoms with Crippen LogP contribution in [0, 0.1) is 6.92 Å². The smallest absolute Gasteiger partial charge is 0.250 e. The Bertz CT molecular complexity index is 749. The molecule has 0 aromatic carbocycles. The van der Waals surface area contributed by atoms with Crippen LogP contribution in [0.2, 0.25) is 0 Å². The van der Waals surface area contributed by atoms with Crippen LogP contribution in [-0.4, -0.2) is 45.6 Å². The van der Waals surface area contributed by atoms with E-state index >= 15 is 0 Å². The van der Waals surface area contributed by atoms with Crippen molar-refractivity contribution in [3.8, 4) is 0 Å². The van der Waals surface area contributed by atoms with Gasteiger partial charge >= 0.3 is 0 Å². The Labute approximate surface area is 142 Å². The van der Waals surface area contributed by atoms with Gasteiger partial charge in [-0.1, -0.05) is 6.07 Å². The van der Waals surface area contributed by atoms with E-state index in [-0.39, 0.29) is 5.56 Å². The summed E-state index contributed by atoms with van der Waals surface area (Å²) in [6.07, 6.45) is 3.83. The van der Waals surface area contributed by atoms with Gasteiger partial charge in [0, 0.05) is 63.3 Å². The fourth-order valence-corrected chi connectivity index (χ4v) is 3.28. The van der Waals surface area contributed by atoms with Crippen molar-refractivity contribution in [3.63, 3.8) is 0 Å². The van der Waals surface area contributed by atoms with Crippen LogP contribution in [0.5, 0.6) is 0 Å². The van der Waals surface area contributed by atoms with Crippen molar-refractivity contribution in [1.82, 2.24) is 19.4 Å². The Morgan fingerprint density at radius 3 is 2.71 bits per heavy atom. The lowest BCUT2D eigenvalue weighted by Crippen LogP contribution is -2.43. The van der Waals surface area contributed by atoms with E-state index in [2.05, 4.69) is 26.8 Å². The Morgan fingerprint density at radius 2 is 2.00 bits per heavy atom. The zero-order valence-corrected chi connectivity index (χ0v) is 14.6. The standard InChI is InChI=1S/C18H25N5O/c1-14-11-17(20-13-19-14)21(2)15-7-9-23(10-8-15)12-16-5-4-6-18(24)22(16)3/h4-6,11,13,15H,7-10,12H2,1-3H3. The van der Waals surface area contributed by atoms with Crippen molar-refractivity contribution in [2.75, 3.05) is 25.0 Å². The number of rotatable bonds is 4. The summed E-state index contributed by atoms with van der Waals surface area (Å²) < 4.78 is 1.74. The highest BCUT2D eigenvalue weighted by Crippen LogP contribution is 2.21. The Morgan fingerprint density at radius 1 is 1.25 bits per heavy atom. The molecule has 0 aliphatic carbocycles. The van der Waals surface area contributed by atoms with Crippen molar-refractivity contribution in [2.24, 2.45) is 7.05 Å². The number of aromatic nitrogens is 3. The number of hydrogen-bond acceptors (Lipinski definition) is 5. The quantitative estimate of drug-likeness (QED) is 0.853. The van der Waals surface area contributed by atoms with Crippen LogP contribution >= 0.6 is 0 Å². The third-order valence-corrected chi connectivity index (χ3v) is 4.93. The molecule has 0 unspecified atom stereocenters. The molecule has 0 radical (unpaired) electrons. The SMILES string of the molecule is Cc1cc(N(C)C2CCN(Cc3cccc(=O)n3C)CC2)ncn1. The van der Waals surface area contributed by atoms with E-state index < -0.39 is 0 Å². The second kappa shape index (κ2) is 7.13. The van der Waals surface area contributed by atoms with E-state index in [1.165, 1.54) is 0 Å². The minimum absolute atomic E-state index is 0.0567. The minimum Gasteiger partial charge on any atom is -0.356 e. The van der Waals surface area contributed by atoms with Gasteiger partial charge in [0.15, 0.2) is 0 Å². The van der Waals surface area contributed by atoms with Gasteiger partial charge in [0.1, 0.15) is 12.1 Å². The number of anilines is 1. The maximum Gasteiger partial charge on any atom is 0.250 e. The molecular formula is C18H25N5O. The highest BCUT2D eigenvalue weighted by atomic mass is 16.1. The lowest BCUT2D eigenvalue weighted by atomic mass is 10.0. The van der Waals surface area contributed by atoms with E-state index in [0.717, 1.165) is 49.7 Å². The average Bonchev–Trinajstić information content (AvgIpc) is 2.59. The molecule has 1 aliphatic rings. The number of piperidine rings is 1. The van der Waals surface area contributed by atoms with Crippen LogP contribution in [0.3, 0.4) is 0 Å². The molecule has 0 spiro atoms. The van der Waals surface area contributed by atoms with E-state index in [0.29, 0.717) is 6.04 Å². The predicted molar refractivity (Wildman–Crippen MR) is 95.2 cm³/mol. The number of likely N-dealkylation sites (tertiary alicyclic amines) is 1. The van der Waals surface area contributed by atoms with Gasteiger partial charge in [-0.15, -0.1) is 0 Å². The lowest BCUT2D eigenvalue weighted by molar-refractivity contribution is 0.199. The van der Waals surface area contributed by atoms with Crippen LogP contribution in [0.4, 0.5) is 5.82 Å². The highest BCUT2D eigenvalue weighted by molar-refractivity contribution is 5.39. The molecule has 0 bridgehead atoms. The summed E-state index contributed by atoms with van der Waals surface area (Å²) in [7, 11) is 3.96. The molecule has 128 valence electrons. The molecular weight excluding hydrogens is 302 g/mol. The fourth-order valence-electron chi connectivity index (χ4n) is 3.28. The lowest BCUT2D eigenvalue weighted by Gasteiger charge is -2.37. The first-order valence-electron chi connectivity index (χ1n) is 8.43. The molecule has 1 aliphatic heterocycles. The largest absolute Gasteiger partial charge is 0.356 e. The summed E-state index contributed by atoms with van der Waals surface area (Å²) in [5.74, 6) is 0.992. The minimum atomic E-state index is 0.0567. The molecule has 3 heterocycles. The van der Waals surface area contributed by atoms with Gasteiger partial charge in [0.2, 0.25) is 5.56 Å². The van der Waals surface area contributed by atoms with E-state index in [4.69, 9.17) is 0 Å². The molecule has 1 fully saturated rings. The van der Waals surface area contributed by atoms with Crippen LogP contribution in [-0.2, 0) is 13.6 Å². The molecule has 0 amide bonds. The molecule has 2 aromatic heterocycles.